The summed E-state index contributed by atoms with van der Waals surface area (Å²) in [6.45, 7) is 21.6. The van der Waals surface area contributed by atoms with Crippen LogP contribution >= 0.6 is 0 Å². The van der Waals surface area contributed by atoms with E-state index in [9.17, 15) is 4.79 Å². The smallest absolute Gasteiger partial charge is 0.315 e. The van der Waals surface area contributed by atoms with Crippen molar-refractivity contribution in [2.75, 3.05) is 0 Å². The molecule has 0 saturated heterocycles. The van der Waals surface area contributed by atoms with Crippen LogP contribution in [0.5, 0.6) is 0 Å². The summed E-state index contributed by atoms with van der Waals surface area (Å²) in [5.41, 5.74) is 2.10. The second kappa shape index (κ2) is 8.27. The third-order valence-corrected chi connectivity index (χ3v) is 12.3. The molecule has 0 bridgehead atoms. The van der Waals surface area contributed by atoms with Crippen LogP contribution in [-0.2, 0) is 0 Å². The van der Waals surface area contributed by atoms with E-state index in [0.29, 0.717) is 34.5 Å². The Morgan fingerprint density at radius 2 is 1.74 bits per heavy atom. The fraction of sp³-hybridized carbons (Fsp3) is 0.903. The Labute approximate surface area is 209 Å². The van der Waals surface area contributed by atoms with Crippen molar-refractivity contribution in [2.45, 2.75) is 118 Å². The van der Waals surface area contributed by atoms with Crippen molar-refractivity contribution in [3.8, 4) is 0 Å². The van der Waals surface area contributed by atoms with Crippen LogP contribution in [0.4, 0.5) is 4.79 Å². The van der Waals surface area contributed by atoms with Crippen LogP contribution < -0.4 is 10.6 Å². The van der Waals surface area contributed by atoms with Gasteiger partial charge in [-0.15, -0.1) is 0 Å². The molecular formula is C31H52N2O. The number of carbonyl (C=O) groups is 1. The summed E-state index contributed by atoms with van der Waals surface area (Å²) in [6, 6.07) is 0.306. The largest absolute Gasteiger partial charge is 0.335 e. The highest BCUT2D eigenvalue weighted by Gasteiger charge is 2.67. The minimum absolute atomic E-state index is 0.0854. The van der Waals surface area contributed by atoms with E-state index in [0.717, 1.165) is 36.5 Å². The molecule has 5 saturated carbocycles. The van der Waals surface area contributed by atoms with Crippen LogP contribution in [0.3, 0.4) is 0 Å². The average Bonchev–Trinajstić information content (AvgIpc) is 3.10. The summed E-state index contributed by atoms with van der Waals surface area (Å²) in [4.78, 5) is 13.8. The summed E-state index contributed by atoms with van der Waals surface area (Å²) in [5.74, 6) is 5.42. The monoisotopic (exact) mass is 468 g/mol. The second-order valence-corrected chi connectivity index (χ2v) is 14.9. The molecule has 0 heterocycles. The van der Waals surface area contributed by atoms with Crippen molar-refractivity contribution in [1.82, 2.24) is 10.6 Å². The van der Waals surface area contributed by atoms with Gasteiger partial charge in [0.2, 0.25) is 0 Å². The standard InChI is InChI=1S/C31H52N2O/c1-18(2)21-13-16-30(7)15-9-10-20(4)25(30)27(21)32-28(34)33-31(8)17-14-23-26(29(23,5)6)24-19(3)11-12-22(24)31/h18-19,21-27H,4,9-17H2,1-3,5-8H3,(H2,32,33,34)/t19-,21+,22-,23-,24-,25-,26-,27+,30-,31-/m1/s1. The quantitative estimate of drug-likeness (QED) is 0.412. The highest BCUT2D eigenvalue weighted by Crippen LogP contribution is 2.71. The van der Waals surface area contributed by atoms with Gasteiger partial charge >= 0.3 is 6.03 Å². The fourth-order valence-electron chi connectivity index (χ4n) is 10.3. The predicted molar refractivity (Wildman–Crippen MR) is 141 cm³/mol. The molecule has 10 atom stereocenters. The first-order valence-corrected chi connectivity index (χ1v) is 14.7. The van der Waals surface area contributed by atoms with Gasteiger partial charge in [0.1, 0.15) is 0 Å². The fourth-order valence-corrected chi connectivity index (χ4v) is 10.3. The van der Waals surface area contributed by atoms with Crippen molar-refractivity contribution in [3.05, 3.63) is 12.2 Å². The van der Waals surface area contributed by atoms with Gasteiger partial charge in [-0.1, -0.05) is 60.1 Å². The van der Waals surface area contributed by atoms with Crippen molar-refractivity contribution in [1.29, 1.82) is 0 Å². The molecule has 5 aliphatic rings. The van der Waals surface area contributed by atoms with E-state index in [1.807, 2.05) is 0 Å². The molecule has 192 valence electrons. The van der Waals surface area contributed by atoms with E-state index in [2.05, 4.69) is 65.7 Å². The van der Waals surface area contributed by atoms with Crippen molar-refractivity contribution >= 4 is 6.03 Å². The maximum atomic E-state index is 13.8. The Kier molecular flexibility index (Phi) is 6.01. The lowest BCUT2D eigenvalue weighted by Gasteiger charge is -2.54. The summed E-state index contributed by atoms with van der Waals surface area (Å²) < 4.78 is 0. The van der Waals surface area contributed by atoms with Gasteiger partial charge in [0.15, 0.2) is 0 Å². The first-order valence-electron chi connectivity index (χ1n) is 14.7. The van der Waals surface area contributed by atoms with Gasteiger partial charge in [0, 0.05) is 17.5 Å². The molecule has 0 aliphatic heterocycles. The molecule has 2 N–H and O–H groups in total. The zero-order valence-corrected chi connectivity index (χ0v) is 23.2. The third kappa shape index (κ3) is 3.78. The van der Waals surface area contributed by atoms with E-state index >= 15 is 0 Å². The number of hydrogen-bond donors (Lipinski definition) is 2. The van der Waals surface area contributed by atoms with Gasteiger partial charge in [-0.25, -0.2) is 4.79 Å². The number of nitrogens with one attached hydrogen (secondary N) is 2. The molecule has 34 heavy (non-hydrogen) atoms. The van der Waals surface area contributed by atoms with E-state index in [1.165, 1.54) is 50.5 Å². The van der Waals surface area contributed by atoms with Crippen LogP contribution in [0, 0.1) is 58.2 Å². The Morgan fingerprint density at radius 3 is 2.44 bits per heavy atom. The molecule has 3 nitrogen and oxygen atoms in total. The Hall–Kier alpha value is -0.990. The zero-order valence-electron chi connectivity index (χ0n) is 23.2. The van der Waals surface area contributed by atoms with E-state index < -0.39 is 0 Å². The Bertz CT molecular complexity index is 831. The number of carbonyl (C=O) groups excluding carboxylic acids is 1. The maximum absolute atomic E-state index is 13.8. The number of fused-ring (bicyclic) bond motifs is 4. The number of amides is 2. The second-order valence-electron chi connectivity index (χ2n) is 14.9. The van der Waals surface area contributed by atoms with E-state index in [4.69, 9.17) is 0 Å². The molecule has 5 fully saturated rings. The van der Waals surface area contributed by atoms with Crippen LogP contribution in [0.25, 0.3) is 0 Å². The van der Waals surface area contributed by atoms with Gasteiger partial charge in [-0.05, 0) is 111 Å². The molecule has 0 radical (unpaired) electrons. The van der Waals surface area contributed by atoms with Gasteiger partial charge in [-0.2, -0.15) is 0 Å². The normalized spacial score (nSPS) is 49.5. The minimum atomic E-state index is -0.0854. The van der Waals surface area contributed by atoms with Crippen LogP contribution in [0.2, 0.25) is 0 Å². The molecule has 0 aromatic heterocycles. The summed E-state index contributed by atoms with van der Waals surface area (Å²) in [5, 5.41) is 7.26. The lowest BCUT2D eigenvalue weighted by atomic mass is 9.53. The van der Waals surface area contributed by atoms with Gasteiger partial charge in [-0.3, -0.25) is 0 Å². The van der Waals surface area contributed by atoms with Crippen LogP contribution in [-0.4, -0.2) is 17.6 Å². The van der Waals surface area contributed by atoms with Gasteiger partial charge < -0.3 is 10.6 Å². The predicted octanol–water partition coefficient (Wildman–Crippen LogP) is 7.57. The third-order valence-electron chi connectivity index (χ3n) is 12.3. The lowest BCUT2D eigenvalue weighted by Crippen LogP contribution is -2.62. The zero-order chi connectivity index (χ0) is 24.6. The molecule has 0 aromatic rings. The summed E-state index contributed by atoms with van der Waals surface area (Å²) in [6.07, 6.45) is 11.2. The van der Waals surface area contributed by atoms with Gasteiger partial charge in [0.05, 0.1) is 0 Å². The first kappa shape index (κ1) is 24.7. The van der Waals surface area contributed by atoms with Crippen LogP contribution in [0.15, 0.2) is 12.2 Å². The van der Waals surface area contributed by atoms with Crippen molar-refractivity contribution < 1.29 is 4.79 Å². The van der Waals surface area contributed by atoms with E-state index in [1.54, 1.807) is 0 Å². The lowest BCUT2D eigenvalue weighted by molar-refractivity contribution is 0.0248. The average molecular weight is 469 g/mol. The topological polar surface area (TPSA) is 41.1 Å². The highest BCUT2D eigenvalue weighted by atomic mass is 16.2. The molecule has 0 unspecified atom stereocenters. The molecule has 2 amide bonds. The first-order chi connectivity index (χ1) is 15.9. The molecule has 3 heteroatoms. The minimum Gasteiger partial charge on any atom is -0.335 e. The van der Waals surface area contributed by atoms with Crippen molar-refractivity contribution in [3.63, 3.8) is 0 Å². The van der Waals surface area contributed by atoms with Crippen molar-refractivity contribution in [2.24, 2.45) is 58.2 Å². The number of hydrogen-bond acceptors (Lipinski definition) is 1. The maximum Gasteiger partial charge on any atom is 0.315 e. The number of urea groups is 1. The Balaban J connectivity index is 1.36. The SMILES string of the molecule is C=C1CCC[C@]2(C)CC[C@@H](C(C)C)[C@H](NC(=O)N[C@]3(C)CC[C@@H]4[C@H]([C@@H]5[C@H](C)CC[C@H]53)C4(C)C)[C@@H]12. The molecule has 0 spiro atoms. The number of rotatable bonds is 3. The molecular weight excluding hydrogens is 416 g/mol. The molecule has 5 aliphatic carbocycles. The molecule has 0 aromatic carbocycles. The van der Waals surface area contributed by atoms with Gasteiger partial charge in [0.25, 0.3) is 0 Å². The Morgan fingerprint density at radius 1 is 1.00 bits per heavy atom. The van der Waals surface area contributed by atoms with E-state index in [-0.39, 0.29) is 17.6 Å². The summed E-state index contributed by atoms with van der Waals surface area (Å²) >= 11 is 0. The highest BCUT2D eigenvalue weighted by molar-refractivity contribution is 5.75. The summed E-state index contributed by atoms with van der Waals surface area (Å²) in [7, 11) is 0. The van der Waals surface area contributed by atoms with Crippen LogP contribution in [0.1, 0.15) is 106 Å². The molecule has 5 rings (SSSR count).